The van der Waals surface area contributed by atoms with Gasteiger partial charge in [0.1, 0.15) is 0 Å². The first kappa shape index (κ1) is 14.7. The molecule has 1 amide bonds. The van der Waals surface area contributed by atoms with Crippen LogP contribution in [0, 0.1) is 0 Å². The molecule has 1 heterocycles. The van der Waals surface area contributed by atoms with E-state index in [4.69, 9.17) is 9.47 Å². The topological polar surface area (TPSA) is 47.6 Å². The Morgan fingerprint density at radius 3 is 2.60 bits per heavy atom. The third kappa shape index (κ3) is 3.24. The number of amides is 1. The van der Waals surface area contributed by atoms with Crippen molar-refractivity contribution >= 4 is 5.91 Å². The van der Waals surface area contributed by atoms with Gasteiger partial charge in [-0.05, 0) is 30.5 Å². The van der Waals surface area contributed by atoms with E-state index in [1.54, 1.807) is 7.11 Å². The maximum atomic E-state index is 11.3. The molecule has 1 aliphatic heterocycles. The van der Waals surface area contributed by atoms with Crippen molar-refractivity contribution in [2.24, 2.45) is 0 Å². The lowest BCUT2D eigenvalue weighted by molar-refractivity contribution is -0.119. The molecule has 0 radical (unpaired) electrons. The van der Waals surface area contributed by atoms with Crippen molar-refractivity contribution in [3.8, 4) is 11.5 Å². The summed E-state index contributed by atoms with van der Waals surface area (Å²) in [6, 6.07) is 5.96. The molecule has 110 valence electrons. The molecule has 0 saturated carbocycles. The minimum Gasteiger partial charge on any atom is -0.493 e. The number of hydrogen-bond acceptors (Lipinski definition) is 3. The highest BCUT2D eigenvalue weighted by Crippen LogP contribution is 2.34. The minimum atomic E-state index is 0.119. The van der Waals surface area contributed by atoms with Crippen molar-refractivity contribution in [1.29, 1.82) is 0 Å². The predicted octanol–water partition coefficient (Wildman–Crippen LogP) is 2.87. The van der Waals surface area contributed by atoms with Crippen molar-refractivity contribution in [3.05, 3.63) is 23.8 Å². The van der Waals surface area contributed by atoms with Gasteiger partial charge in [-0.2, -0.15) is 0 Å². The van der Waals surface area contributed by atoms with Gasteiger partial charge in [-0.3, -0.25) is 4.79 Å². The molecular formula is C16H23NO3. The normalized spacial score (nSPS) is 18.2. The molecule has 1 fully saturated rings. The molecule has 1 aromatic rings. The van der Waals surface area contributed by atoms with Crippen molar-refractivity contribution < 1.29 is 14.3 Å². The van der Waals surface area contributed by atoms with Gasteiger partial charge in [0.05, 0.1) is 13.2 Å². The lowest BCUT2D eigenvalue weighted by atomic mass is 9.98. The first-order chi connectivity index (χ1) is 9.67. The Morgan fingerprint density at radius 2 is 2.05 bits per heavy atom. The minimum absolute atomic E-state index is 0.119. The van der Waals surface area contributed by atoms with Crippen LogP contribution in [0.5, 0.6) is 11.5 Å². The summed E-state index contributed by atoms with van der Waals surface area (Å²) in [6.45, 7) is 4.93. The molecule has 2 rings (SSSR count). The number of hydrogen-bond donors (Lipinski definition) is 1. The van der Waals surface area contributed by atoms with Crippen LogP contribution in [0.1, 0.15) is 44.6 Å². The lowest BCUT2D eigenvalue weighted by Gasteiger charge is -2.19. The Morgan fingerprint density at radius 1 is 1.30 bits per heavy atom. The fourth-order valence-corrected chi connectivity index (χ4v) is 2.52. The second-order valence-electron chi connectivity index (χ2n) is 5.17. The van der Waals surface area contributed by atoms with E-state index in [2.05, 4.69) is 19.2 Å². The van der Waals surface area contributed by atoms with E-state index in [0.717, 1.165) is 29.9 Å². The van der Waals surface area contributed by atoms with Gasteiger partial charge in [0.2, 0.25) is 5.91 Å². The van der Waals surface area contributed by atoms with Crippen LogP contribution in [-0.4, -0.2) is 25.7 Å². The molecule has 0 aliphatic carbocycles. The molecule has 0 spiro atoms. The second-order valence-corrected chi connectivity index (χ2v) is 5.17. The Balaban J connectivity index is 2.21. The molecule has 1 atom stereocenters. The number of nitrogens with one attached hydrogen (secondary N) is 1. The summed E-state index contributed by atoms with van der Waals surface area (Å²) >= 11 is 0. The number of methoxy groups -OCH3 is 1. The van der Waals surface area contributed by atoms with Gasteiger partial charge < -0.3 is 14.8 Å². The SMILES string of the molecule is CCC(CC)Oc1cc(C2CNC(=O)C2)ccc1OC. The van der Waals surface area contributed by atoms with Crippen LogP contribution in [0.3, 0.4) is 0 Å². The highest BCUT2D eigenvalue weighted by Gasteiger charge is 2.24. The summed E-state index contributed by atoms with van der Waals surface area (Å²) < 4.78 is 11.4. The zero-order valence-corrected chi connectivity index (χ0v) is 12.4. The van der Waals surface area contributed by atoms with Crippen LogP contribution in [-0.2, 0) is 4.79 Å². The molecule has 20 heavy (non-hydrogen) atoms. The predicted molar refractivity (Wildman–Crippen MR) is 78.4 cm³/mol. The molecular weight excluding hydrogens is 254 g/mol. The van der Waals surface area contributed by atoms with Crippen LogP contribution < -0.4 is 14.8 Å². The van der Waals surface area contributed by atoms with Crippen LogP contribution in [0.2, 0.25) is 0 Å². The van der Waals surface area contributed by atoms with E-state index in [-0.39, 0.29) is 17.9 Å². The number of ether oxygens (including phenoxy) is 2. The largest absolute Gasteiger partial charge is 0.493 e. The molecule has 4 heteroatoms. The smallest absolute Gasteiger partial charge is 0.220 e. The standard InChI is InChI=1S/C16H23NO3/c1-4-13(5-2)20-15-8-11(6-7-14(15)19-3)12-9-16(18)17-10-12/h6-8,12-13H,4-5,9-10H2,1-3H3,(H,17,18). The van der Waals surface area contributed by atoms with Crippen LogP contribution in [0.15, 0.2) is 18.2 Å². The zero-order chi connectivity index (χ0) is 14.5. The highest BCUT2D eigenvalue weighted by atomic mass is 16.5. The summed E-state index contributed by atoms with van der Waals surface area (Å²) in [5.41, 5.74) is 1.13. The maximum absolute atomic E-state index is 11.3. The molecule has 0 aromatic heterocycles. The Kier molecular flexibility index (Phi) is 4.88. The molecule has 0 bridgehead atoms. The van der Waals surface area contributed by atoms with E-state index in [0.29, 0.717) is 13.0 Å². The molecule has 1 N–H and O–H groups in total. The van der Waals surface area contributed by atoms with Gasteiger partial charge in [0, 0.05) is 18.9 Å². The Labute approximate surface area is 120 Å². The molecule has 4 nitrogen and oxygen atoms in total. The van der Waals surface area contributed by atoms with Crippen LogP contribution >= 0.6 is 0 Å². The molecule has 1 saturated heterocycles. The van der Waals surface area contributed by atoms with Crippen molar-refractivity contribution in [2.75, 3.05) is 13.7 Å². The average molecular weight is 277 g/mol. The quantitative estimate of drug-likeness (QED) is 0.869. The summed E-state index contributed by atoms with van der Waals surface area (Å²) in [5.74, 6) is 1.88. The van der Waals surface area contributed by atoms with Gasteiger partial charge in [0.15, 0.2) is 11.5 Å². The van der Waals surface area contributed by atoms with E-state index < -0.39 is 0 Å². The number of rotatable bonds is 6. The Hall–Kier alpha value is -1.71. The first-order valence-corrected chi connectivity index (χ1v) is 7.29. The molecule has 1 unspecified atom stereocenters. The summed E-state index contributed by atoms with van der Waals surface area (Å²) in [5, 5.41) is 2.87. The lowest BCUT2D eigenvalue weighted by Crippen LogP contribution is -2.15. The highest BCUT2D eigenvalue weighted by molar-refractivity contribution is 5.79. The third-order valence-electron chi connectivity index (χ3n) is 3.84. The average Bonchev–Trinajstić information content (AvgIpc) is 2.91. The molecule has 1 aromatic carbocycles. The first-order valence-electron chi connectivity index (χ1n) is 7.29. The monoisotopic (exact) mass is 277 g/mol. The van der Waals surface area contributed by atoms with Gasteiger partial charge in [-0.25, -0.2) is 0 Å². The van der Waals surface area contributed by atoms with Gasteiger partial charge >= 0.3 is 0 Å². The Bertz CT molecular complexity index is 469. The second kappa shape index (κ2) is 6.64. The van der Waals surface area contributed by atoms with Crippen molar-refractivity contribution in [2.45, 2.75) is 45.1 Å². The fraction of sp³-hybridized carbons (Fsp3) is 0.562. The van der Waals surface area contributed by atoms with Gasteiger partial charge in [-0.1, -0.05) is 19.9 Å². The number of carbonyl (C=O) groups is 1. The van der Waals surface area contributed by atoms with Gasteiger partial charge in [-0.15, -0.1) is 0 Å². The third-order valence-corrected chi connectivity index (χ3v) is 3.84. The number of benzene rings is 1. The van der Waals surface area contributed by atoms with Crippen LogP contribution in [0.4, 0.5) is 0 Å². The van der Waals surface area contributed by atoms with E-state index in [1.165, 1.54) is 0 Å². The van der Waals surface area contributed by atoms with E-state index >= 15 is 0 Å². The van der Waals surface area contributed by atoms with Gasteiger partial charge in [0.25, 0.3) is 0 Å². The summed E-state index contributed by atoms with van der Waals surface area (Å²) in [7, 11) is 1.65. The van der Waals surface area contributed by atoms with E-state index in [1.807, 2.05) is 18.2 Å². The molecule has 1 aliphatic rings. The van der Waals surface area contributed by atoms with E-state index in [9.17, 15) is 4.79 Å². The van der Waals surface area contributed by atoms with Crippen molar-refractivity contribution in [1.82, 2.24) is 5.32 Å². The summed E-state index contributed by atoms with van der Waals surface area (Å²) in [6.07, 6.45) is 2.68. The zero-order valence-electron chi connectivity index (χ0n) is 12.4. The summed E-state index contributed by atoms with van der Waals surface area (Å²) in [4.78, 5) is 11.3. The van der Waals surface area contributed by atoms with Crippen molar-refractivity contribution in [3.63, 3.8) is 0 Å². The maximum Gasteiger partial charge on any atom is 0.220 e. The van der Waals surface area contributed by atoms with Crippen LogP contribution in [0.25, 0.3) is 0 Å². The number of carbonyl (C=O) groups excluding carboxylic acids is 1. The fourth-order valence-electron chi connectivity index (χ4n) is 2.52.